The molecule has 2 aromatic carbocycles. The quantitative estimate of drug-likeness (QED) is 0.915. The van der Waals surface area contributed by atoms with Crippen LogP contribution in [0.2, 0.25) is 0 Å². The highest BCUT2D eigenvalue weighted by atomic mass is 19.4. The van der Waals surface area contributed by atoms with E-state index in [2.05, 4.69) is 0 Å². The maximum absolute atomic E-state index is 13.9. The Balaban J connectivity index is 2.73. The maximum atomic E-state index is 13.9. The van der Waals surface area contributed by atoms with Crippen molar-refractivity contribution in [3.05, 3.63) is 71.3 Å². The van der Waals surface area contributed by atoms with Crippen LogP contribution in [0.25, 0.3) is 0 Å². The number of alkyl halides is 3. The van der Waals surface area contributed by atoms with Crippen LogP contribution >= 0.6 is 0 Å². The summed E-state index contributed by atoms with van der Waals surface area (Å²) in [6, 6.07) is 13.1. The molecule has 0 heterocycles. The van der Waals surface area contributed by atoms with Crippen molar-refractivity contribution in [2.45, 2.75) is 24.7 Å². The summed E-state index contributed by atoms with van der Waals surface area (Å²) < 4.78 is 41.6. The summed E-state index contributed by atoms with van der Waals surface area (Å²) >= 11 is 0. The van der Waals surface area contributed by atoms with Gasteiger partial charge in [0.1, 0.15) is 0 Å². The number of nitrogens with zero attached hydrogens (tertiary/aromatic N) is 1. The Labute approximate surface area is 134 Å². The van der Waals surface area contributed by atoms with Gasteiger partial charge in [-0.25, -0.2) is 0 Å². The minimum absolute atomic E-state index is 0.139. The van der Waals surface area contributed by atoms with E-state index in [1.807, 2.05) is 0 Å². The fourth-order valence-corrected chi connectivity index (χ4v) is 2.62. The molecule has 0 unspecified atom stereocenters. The van der Waals surface area contributed by atoms with Gasteiger partial charge in [-0.1, -0.05) is 54.6 Å². The molecule has 0 aliphatic rings. The monoisotopic (exact) mass is 323 g/mol. The van der Waals surface area contributed by atoms with E-state index in [0.29, 0.717) is 5.56 Å². The van der Waals surface area contributed by atoms with Gasteiger partial charge in [0, 0.05) is 11.6 Å². The summed E-state index contributed by atoms with van der Waals surface area (Å²) in [5.74, 6) is 0. The molecular weight excluding hydrogens is 303 g/mol. The highest BCUT2D eigenvalue weighted by Crippen LogP contribution is 2.46. The Morgan fingerprint density at radius 3 is 1.96 bits per heavy atom. The molecule has 0 bridgehead atoms. The molecule has 2 nitrogen and oxygen atoms in total. The Kier molecular flexibility index (Phi) is 4.82. The summed E-state index contributed by atoms with van der Waals surface area (Å²) in [6.07, 6.45) is -4.84. The summed E-state index contributed by atoms with van der Waals surface area (Å²) in [5.41, 5.74) is -2.93. The predicted molar refractivity (Wildman–Crippen MR) is 84.0 cm³/mol. The largest absolute Gasteiger partial charge is 0.425 e. The van der Waals surface area contributed by atoms with Crippen LogP contribution in [0.4, 0.5) is 13.2 Å². The standard InChI is InChI=1S/C18H20F3NO/c1-13(22(2)3)15-11-7-8-12-16(15)17(23,18(19,20)21)14-9-5-4-6-10-14/h4-13,23H,1-3H3/t13-,17+/m0/s1. The van der Waals surface area contributed by atoms with E-state index in [0.717, 1.165) is 0 Å². The van der Waals surface area contributed by atoms with Crippen molar-refractivity contribution in [2.24, 2.45) is 0 Å². The van der Waals surface area contributed by atoms with Gasteiger partial charge in [-0.15, -0.1) is 0 Å². The maximum Gasteiger partial charge on any atom is 0.425 e. The molecule has 2 rings (SSSR count). The van der Waals surface area contributed by atoms with Gasteiger partial charge >= 0.3 is 6.18 Å². The first-order valence-corrected chi connectivity index (χ1v) is 7.30. The van der Waals surface area contributed by atoms with Gasteiger partial charge in [0.25, 0.3) is 0 Å². The molecule has 0 saturated carbocycles. The third kappa shape index (κ3) is 3.12. The molecule has 0 radical (unpaired) electrons. The van der Waals surface area contributed by atoms with Crippen molar-refractivity contribution in [3.63, 3.8) is 0 Å². The molecule has 0 aliphatic heterocycles. The summed E-state index contributed by atoms with van der Waals surface area (Å²) in [6.45, 7) is 1.81. The Morgan fingerprint density at radius 2 is 1.43 bits per heavy atom. The van der Waals surface area contributed by atoms with Crippen molar-refractivity contribution >= 4 is 0 Å². The van der Waals surface area contributed by atoms with Crippen LogP contribution in [0.5, 0.6) is 0 Å². The fourth-order valence-electron chi connectivity index (χ4n) is 2.62. The van der Waals surface area contributed by atoms with Crippen LogP contribution in [-0.2, 0) is 5.60 Å². The molecule has 0 spiro atoms. The molecule has 5 heteroatoms. The number of aliphatic hydroxyl groups is 1. The van der Waals surface area contributed by atoms with Crippen molar-refractivity contribution in [1.29, 1.82) is 0 Å². The van der Waals surface area contributed by atoms with Gasteiger partial charge in [-0.2, -0.15) is 13.2 Å². The second-order valence-electron chi connectivity index (χ2n) is 5.80. The van der Waals surface area contributed by atoms with E-state index in [1.165, 1.54) is 36.4 Å². The van der Waals surface area contributed by atoms with E-state index in [4.69, 9.17) is 0 Å². The van der Waals surface area contributed by atoms with Gasteiger partial charge in [-0.05, 0) is 32.1 Å². The third-order valence-electron chi connectivity index (χ3n) is 4.18. The molecule has 2 aromatic rings. The van der Waals surface area contributed by atoms with Crippen molar-refractivity contribution < 1.29 is 18.3 Å². The molecule has 1 N–H and O–H groups in total. The first-order valence-electron chi connectivity index (χ1n) is 7.30. The highest BCUT2D eigenvalue weighted by Gasteiger charge is 2.57. The van der Waals surface area contributed by atoms with Crippen molar-refractivity contribution in [3.8, 4) is 0 Å². The fraction of sp³-hybridized carbons (Fsp3) is 0.333. The van der Waals surface area contributed by atoms with Crippen LogP contribution < -0.4 is 0 Å². The normalized spacial score (nSPS) is 16.2. The van der Waals surface area contributed by atoms with Gasteiger partial charge in [-0.3, -0.25) is 0 Å². The highest BCUT2D eigenvalue weighted by molar-refractivity contribution is 5.43. The van der Waals surface area contributed by atoms with E-state index in [1.54, 1.807) is 44.1 Å². The molecular formula is C18H20F3NO. The first-order chi connectivity index (χ1) is 10.7. The lowest BCUT2D eigenvalue weighted by atomic mass is 9.81. The van der Waals surface area contributed by atoms with Crippen LogP contribution in [-0.4, -0.2) is 30.3 Å². The first kappa shape index (κ1) is 17.5. The van der Waals surface area contributed by atoms with E-state index in [-0.39, 0.29) is 17.2 Å². The molecule has 23 heavy (non-hydrogen) atoms. The molecule has 124 valence electrons. The third-order valence-corrected chi connectivity index (χ3v) is 4.18. The lowest BCUT2D eigenvalue weighted by Crippen LogP contribution is -2.44. The Bertz CT molecular complexity index is 655. The van der Waals surface area contributed by atoms with Gasteiger partial charge in [0.15, 0.2) is 0 Å². The SMILES string of the molecule is C[C@@H](c1ccccc1[C@](O)(c1ccccc1)C(F)(F)F)N(C)C. The molecule has 0 aliphatic carbocycles. The zero-order chi connectivity index (χ0) is 17.3. The zero-order valence-corrected chi connectivity index (χ0v) is 13.3. The lowest BCUT2D eigenvalue weighted by molar-refractivity contribution is -0.248. The predicted octanol–water partition coefficient (Wildman–Crippen LogP) is 4.11. The Morgan fingerprint density at radius 1 is 0.913 bits per heavy atom. The number of benzene rings is 2. The summed E-state index contributed by atoms with van der Waals surface area (Å²) in [4.78, 5) is 1.81. The molecule has 0 aromatic heterocycles. The van der Waals surface area contributed by atoms with Crippen LogP contribution in [0.1, 0.15) is 29.7 Å². The van der Waals surface area contributed by atoms with E-state index >= 15 is 0 Å². The van der Waals surface area contributed by atoms with Gasteiger partial charge < -0.3 is 10.0 Å². The van der Waals surface area contributed by atoms with E-state index in [9.17, 15) is 18.3 Å². The summed E-state index contributed by atoms with van der Waals surface area (Å²) in [7, 11) is 3.58. The topological polar surface area (TPSA) is 23.5 Å². The van der Waals surface area contributed by atoms with Crippen molar-refractivity contribution in [1.82, 2.24) is 4.90 Å². The number of hydrogen-bond donors (Lipinski definition) is 1. The average Bonchev–Trinajstić information content (AvgIpc) is 2.53. The number of halogens is 3. The number of rotatable bonds is 4. The van der Waals surface area contributed by atoms with E-state index < -0.39 is 11.8 Å². The zero-order valence-electron chi connectivity index (χ0n) is 13.3. The second-order valence-corrected chi connectivity index (χ2v) is 5.80. The van der Waals surface area contributed by atoms with Crippen LogP contribution in [0.15, 0.2) is 54.6 Å². The summed E-state index contributed by atoms with van der Waals surface area (Å²) in [5, 5.41) is 10.8. The van der Waals surface area contributed by atoms with Gasteiger partial charge in [0.05, 0.1) is 0 Å². The Hall–Kier alpha value is -1.85. The average molecular weight is 323 g/mol. The minimum atomic E-state index is -4.84. The minimum Gasteiger partial charge on any atom is -0.372 e. The smallest absolute Gasteiger partial charge is 0.372 e. The molecule has 0 fully saturated rings. The lowest BCUT2D eigenvalue weighted by Gasteiger charge is -2.35. The van der Waals surface area contributed by atoms with Crippen molar-refractivity contribution in [2.75, 3.05) is 14.1 Å². The molecule has 2 atom stereocenters. The number of hydrogen-bond acceptors (Lipinski definition) is 2. The van der Waals surface area contributed by atoms with Crippen LogP contribution in [0, 0.1) is 0 Å². The molecule has 0 amide bonds. The second kappa shape index (κ2) is 6.34. The molecule has 0 saturated heterocycles. The van der Waals surface area contributed by atoms with Crippen LogP contribution in [0.3, 0.4) is 0 Å². The van der Waals surface area contributed by atoms with Gasteiger partial charge in [0.2, 0.25) is 5.60 Å².